The Bertz CT molecular complexity index is 386. The molecule has 1 fully saturated rings. The molecular weight excluding hydrogens is 273 g/mol. The number of H-pyrrole nitrogens is 1. The first-order valence-electron chi connectivity index (χ1n) is 5.98. The number of rotatable bonds is 3. The Labute approximate surface area is 118 Å². The quantitative estimate of drug-likeness (QED) is 0.897. The van der Waals surface area contributed by atoms with E-state index in [0.717, 1.165) is 32.5 Å². The Hall–Kier alpha value is -0.710. The lowest BCUT2D eigenvalue weighted by Gasteiger charge is -2.31. The number of carbonyl (C=O) groups excluding carboxylic acids is 1. The van der Waals surface area contributed by atoms with Crippen molar-refractivity contribution in [3.63, 3.8) is 0 Å². The van der Waals surface area contributed by atoms with Gasteiger partial charge in [0.05, 0.1) is 5.02 Å². The van der Waals surface area contributed by atoms with Crippen molar-refractivity contribution in [1.82, 2.24) is 15.2 Å². The molecule has 0 spiro atoms. The van der Waals surface area contributed by atoms with Crippen molar-refractivity contribution in [2.45, 2.75) is 12.8 Å². The third-order valence-electron chi connectivity index (χ3n) is 3.27. The van der Waals surface area contributed by atoms with Gasteiger partial charge in [-0.3, -0.25) is 4.79 Å². The highest BCUT2D eigenvalue weighted by atomic mass is 35.5. The summed E-state index contributed by atoms with van der Waals surface area (Å²) in [5, 5.41) is 3.77. The van der Waals surface area contributed by atoms with Crippen molar-refractivity contribution < 1.29 is 4.79 Å². The average molecular weight is 292 g/mol. The fraction of sp³-hybridized carbons (Fsp3) is 0.583. The van der Waals surface area contributed by atoms with Crippen molar-refractivity contribution in [1.29, 1.82) is 0 Å². The minimum absolute atomic E-state index is 0. The van der Waals surface area contributed by atoms with Gasteiger partial charge in [0.15, 0.2) is 0 Å². The van der Waals surface area contributed by atoms with E-state index in [1.54, 1.807) is 12.3 Å². The molecule has 1 amide bonds. The Balaban J connectivity index is 0.00000162. The summed E-state index contributed by atoms with van der Waals surface area (Å²) in [5.74, 6) is 0.746. The van der Waals surface area contributed by atoms with Gasteiger partial charge in [0.1, 0.15) is 5.69 Å². The van der Waals surface area contributed by atoms with E-state index in [0.29, 0.717) is 16.6 Å². The van der Waals surface area contributed by atoms with Gasteiger partial charge in [-0.25, -0.2) is 0 Å². The molecule has 1 aromatic rings. The van der Waals surface area contributed by atoms with Crippen LogP contribution in [0.4, 0.5) is 0 Å². The highest BCUT2D eigenvalue weighted by molar-refractivity contribution is 6.30. The second-order valence-corrected chi connectivity index (χ2v) is 4.96. The number of aromatic nitrogens is 1. The molecule has 0 bridgehead atoms. The largest absolute Gasteiger partial charge is 0.356 e. The van der Waals surface area contributed by atoms with Crippen LogP contribution in [-0.2, 0) is 0 Å². The van der Waals surface area contributed by atoms with E-state index in [-0.39, 0.29) is 18.3 Å². The molecule has 0 aromatic carbocycles. The smallest absolute Gasteiger partial charge is 0.270 e. The topological polar surface area (TPSA) is 48.1 Å². The van der Waals surface area contributed by atoms with Crippen molar-refractivity contribution >= 4 is 29.9 Å². The number of likely N-dealkylation sites (tertiary alicyclic amines) is 1. The summed E-state index contributed by atoms with van der Waals surface area (Å²) >= 11 is 5.80. The Morgan fingerprint density at radius 1 is 1.56 bits per heavy atom. The van der Waals surface area contributed by atoms with E-state index in [1.165, 1.54) is 0 Å². The van der Waals surface area contributed by atoms with Crippen molar-refractivity contribution in [2.24, 2.45) is 5.92 Å². The van der Waals surface area contributed by atoms with Gasteiger partial charge in [-0.1, -0.05) is 11.6 Å². The number of piperidine rings is 1. The van der Waals surface area contributed by atoms with Crippen molar-refractivity contribution in [2.75, 3.05) is 26.7 Å². The molecule has 1 aliphatic heterocycles. The molecule has 2 heterocycles. The first-order valence-corrected chi connectivity index (χ1v) is 6.36. The van der Waals surface area contributed by atoms with Gasteiger partial charge in [-0.15, -0.1) is 12.4 Å². The van der Waals surface area contributed by atoms with E-state index in [4.69, 9.17) is 11.6 Å². The zero-order valence-corrected chi connectivity index (χ0v) is 12.0. The van der Waals surface area contributed by atoms with Crippen LogP contribution in [-0.4, -0.2) is 42.5 Å². The molecule has 2 rings (SSSR count). The molecular formula is C12H19Cl2N3O. The number of halogens is 2. The van der Waals surface area contributed by atoms with Crippen LogP contribution in [0.2, 0.25) is 5.02 Å². The predicted molar refractivity (Wildman–Crippen MR) is 75.6 cm³/mol. The minimum Gasteiger partial charge on any atom is -0.356 e. The highest BCUT2D eigenvalue weighted by Crippen LogP contribution is 2.19. The Morgan fingerprint density at radius 2 is 2.22 bits per heavy atom. The third-order valence-corrected chi connectivity index (χ3v) is 3.49. The normalized spacial score (nSPS) is 16.4. The van der Waals surface area contributed by atoms with Gasteiger partial charge in [-0.05, 0) is 38.4 Å². The van der Waals surface area contributed by atoms with E-state index in [1.807, 2.05) is 11.9 Å². The van der Waals surface area contributed by atoms with Gasteiger partial charge < -0.3 is 15.2 Å². The fourth-order valence-corrected chi connectivity index (χ4v) is 2.45. The summed E-state index contributed by atoms with van der Waals surface area (Å²) in [7, 11) is 1.97. The van der Waals surface area contributed by atoms with E-state index >= 15 is 0 Å². The van der Waals surface area contributed by atoms with Gasteiger partial charge >= 0.3 is 0 Å². The summed E-state index contributed by atoms with van der Waals surface area (Å²) in [6, 6.07) is 1.68. The lowest BCUT2D eigenvalue weighted by molar-refractivity contribution is 0.0685. The summed E-state index contributed by atoms with van der Waals surface area (Å²) in [5.41, 5.74) is 0.585. The maximum absolute atomic E-state index is 12.1. The van der Waals surface area contributed by atoms with Gasteiger partial charge in [0, 0.05) is 19.3 Å². The van der Waals surface area contributed by atoms with E-state index in [2.05, 4.69) is 10.3 Å². The fourth-order valence-electron chi connectivity index (χ4n) is 2.29. The first kappa shape index (κ1) is 15.3. The number of nitrogens with zero attached hydrogens (tertiary/aromatic N) is 1. The second-order valence-electron chi connectivity index (χ2n) is 4.52. The average Bonchev–Trinajstić information content (AvgIpc) is 2.76. The molecule has 4 nitrogen and oxygen atoms in total. The molecule has 0 aliphatic carbocycles. The molecule has 0 unspecified atom stereocenters. The molecule has 0 radical (unpaired) electrons. The lowest BCUT2D eigenvalue weighted by Crippen LogP contribution is -2.40. The number of nitrogens with one attached hydrogen (secondary N) is 2. The molecule has 102 valence electrons. The van der Waals surface area contributed by atoms with E-state index in [9.17, 15) is 4.79 Å². The van der Waals surface area contributed by atoms with Crippen LogP contribution >= 0.6 is 24.0 Å². The molecule has 0 atom stereocenters. The lowest BCUT2D eigenvalue weighted by atomic mass is 9.96. The number of amides is 1. The first-order chi connectivity index (χ1) is 8.20. The molecule has 6 heteroatoms. The molecule has 1 aromatic heterocycles. The predicted octanol–water partition coefficient (Wildman–Crippen LogP) is 2.16. The summed E-state index contributed by atoms with van der Waals surface area (Å²) in [4.78, 5) is 16.9. The Kier molecular flexibility index (Phi) is 5.99. The Morgan fingerprint density at radius 3 is 2.72 bits per heavy atom. The van der Waals surface area contributed by atoms with Crippen LogP contribution in [0.3, 0.4) is 0 Å². The van der Waals surface area contributed by atoms with Crippen LogP contribution in [0, 0.1) is 5.92 Å². The van der Waals surface area contributed by atoms with Gasteiger partial charge in [0.2, 0.25) is 0 Å². The monoisotopic (exact) mass is 291 g/mol. The summed E-state index contributed by atoms with van der Waals surface area (Å²) < 4.78 is 0. The van der Waals surface area contributed by atoms with E-state index < -0.39 is 0 Å². The summed E-state index contributed by atoms with van der Waals surface area (Å²) in [6.07, 6.45) is 3.78. The number of hydrogen-bond donors (Lipinski definition) is 2. The van der Waals surface area contributed by atoms with Crippen molar-refractivity contribution in [3.05, 3.63) is 23.0 Å². The van der Waals surface area contributed by atoms with Gasteiger partial charge in [0.25, 0.3) is 5.91 Å². The van der Waals surface area contributed by atoms with Crippen LogP contribution in [0.15, 0.2) is 12.3 Å². The summed E-state index contributed by atoms with van der Waals surface area (Å²) in [6.45, 7) is 2.71. The molecule has 1 saturated heterocycles. The molecule has 0 saturated carbocycles. The third kappa shape index (κ3) is 3.64. The maximum Gasteiger partial charge on any atom is 0.270 e. The van der Waals surface area contributed by atoms with Crippen LogP contribution < -0.4 is 5.32 Å². The number of aromatic amines is 1. The zero-order valence-electron chi connectivity index (χ0n) is 10.4. The molecule has 18 heavy (non-hydrogen) atoms. The minimum atomic E-state index is 0. The van der Waals surface area contributed by atoms with Crippen molar-refractivity contribution in [3.8, 4) is 0 Å². The molecule has 1 aliphatic rings. The number of carbonyl (C=O) groups is 1. The highest BCUT2D eigenvalue weighted by Gasteiger charge is 2.23. The SMILES string of the molecule is CNCC1CCN(C(=O)c2cc(Cl)c[nH]2)CC1.Cl. The van der Waals surface area contributed by atoms with Crippen LogP contribution in [0.25, 0.3) is 0 Å². The standard InChI is InChI=1S/C12H18ClN3O.ClH/c1-14-7-9-2-4-16(5-3-9)12(17)11-6-10(13)8-15-11;/h6,8-9,14-15H,2-5,7H2,1H3;1H. The second kappa shape index (κ2) is 7.02. The maximum atomic E-state index is 12.1. The number of hydrogen-bond acceptors (Lipinski definition) is 2. The zero-order chi connectivity index (χ0) is 12.3. The molecule has 2 N–H and O–H groups in total. The van der Waals surface area contributed by atoms with Gasteiger partial charge in [-0.2, -0.15) is 0 Å². The van der Waals surface area contributed by atoms with Crippen LogP contribution in [0.1, 0.15) is 23.3 Å². The van der Waals surface area contributed by atoms with Crippen LogP contribution in [0.5, 0.6) is 0 Å².